The van der Waals surface area contributed by atoms with Crippen LogP contribution in [-0.2, 0) is 6.42 Å². The molecule has 1 aromatic carbocycles. The summed E-state index contributed by atoms with van der Waals surface area (Å²) in [6, 6.07) is 6.89. The summed E-state index contributed by atoms with van der Waals surface area (Å²) in [4.78, 5) is 4.74. The van der Waals surface area contributed by atoms with E-state index in [1.807, 2.05) is 31.5 Å². The maximum atomic E-state index is 13.9. The number of halogens is 1. The number of H-pyrrole nitrogens is 1. The van der Waals surface area contributed by atoms with Crippen LogP contribution in [-0.4, -0.2) is 24.8 Å². The molecule has 0 aliphatic heterocycles. The zero-order valence-electron chi connectivity index (χ0n) is 16.7. The van der Waals surface area contributed by atoms with Crippen LogP contribution in [0.15, 0.2) is 49.1 Å². The molecule has 1 atom stereocenters. The van der Waals surface area contributed by atoms with Crippen molar-refractivity contribution in [1.82, 2.24) is 24.8 Å². The number of unbranched alkanes of at least 4 members (excludes halogenated alkanes) is 2. The Bertz CT molecular complexity index is 1090. The summed E-state index contributed by atoms with van der Waals surface area (Å²) >= 11 is 0. The molecule has 29 heavy (non-hydrogen) atoms. The van der Waals surface area contributed by atoms with Gasteiger partial charge in [-0.2, -0.15) is 10.2 Å². The summed E-state index contributed by atoms with van der Waals surface area (Å²) in [5.41, 5.74) is 4.74. The second-order valence-electron chi connectivity index (χ2n) is 7.29. The van der Waals surface area contributed by atoms with Gasteiger partial charge in [-0.15, -0.1) is 0 Å². The Labute approximate surface area is 169 Å². The summed E-state index contributed by atoms with van der Waals surface area (Å²) in [6.07, 6.45) is 11.6. The minimum Gasteiger partial charge on any atom is -0.363 e. The first-order chi connectivity index (χ1) is 14.2. The predicted molar refractivity (Wildman–Crippen MR) is 112 cm³/mol. The largest absolute Gasteiger partial charge is 0.363 e. The molecule has 3 heterocycles. The monoisotopic (exact) mass is 392 g/mol. The molecule has 6 nitrogen and oxygen atoms in total. The van der Waals surface area contributed by atoms with E-state index in [1.54, 1.807) is 29.0 Å². The molecule has 0 aliphatic rings. The summed E-state index contributed by atoms with van der Waals surface area (Å²) in [5.74, 6) is 0.508. The Balaban J connectivity index is 1.60. The van der Waals surface area contributed by atoms with E-state index < -0.39 is 0 Å². The second-order valence-corrected chi connectivity index (χ2v) is 7.29. The number of aromatic nitrogens is 5. The molecular formula is C22H25FN6. The van der Waals surface area contributed by atoms with Gasteiger partial charge in [-0.05, 0) is 49.1 Å². The highest BCUT2D eigenvalue weighted by molar-refractivity contribution is 5.76. The SMILES string of the molecule is CCCCCc1ccc(F)cc1C(C)Nc1ccn2ncc(-c3cn[nH]c3)c2n1. The minimum absolute atomic E-state index is 0.0717. The summed E-state index contributed by atoms with van der Waals surface area (Å²) < 4.78 is 15.7. The van der Waals surface area contributed by atoms with Crippen molar-refractivity contribution in [2.45, 2.75) is 45.6 Å². The number of aromatic amines is 1. The predicted octanol–water partition coefficient (Wildman–Crippen LogP) is 5.16. The van der Waals surface area contributed by atoms with Crippen molar-refractivity contribution in [2.75, 3.05) is 5.32 Å². The minimum atomic E-state index is -0.214. The highest BCUT2D eigenvalue weighted by Crippen LogP contribution is 2.26. The van der Waals surface area contributed by atoms with Crippen LogP contribution in [0.1, 0.15) is 50.3 Å². The lowest BCUT2D eigenvalue weighted by molar-refractivity contribution is 0.620. The van der Waals surface area contributed by atoms with Gasteiger partial charge in [0.25, 0.3) is 0 Å². The van der Waals surface area contributed by atoms with Crippen molar-refractivity contribution in [3.63, 3.8) is 0 Å². The highest BCUT2D eigenvalue weighted by atomic mass is 19.1. The summed E-state index contributed by atoms with van der Waals surface area (Å²) in [7, 11) is 0. The fourth-order valence-corrected chi connectivity index (χ4v) is 3.61. The normalized spacial score (nSPS) is 12.4. The number of hydrogen-bond donors (Lipinski definition) is 2. The molecule has 0 aliphatic carbocycles. The first-order valence-corrected chi connectivity index (χ1v) is 10.0. The molecule has 0 radical (unpaired) electrons. The number of hydrogen-bond acceptors (Lipinski definition) is 4. The topological polar surface area (TPSA) is 70.9 Å². The molecule has 0 saturated carbocycles. The van der Waals surface area contributed by atoms with Crippen molar-refractivity contribution >= 4 is 11.5 Å². The van der Waals surface area contributed by atoms with E-state index in [1.165, 1.54) is 18.4 Å². The van der Waals surface area contributed by atoms with Crippen molar-refractivity contribution in [3.8, 4) is 11.1 Å². The molecular weight excluding hydrogens is 367 g/mol. The number of rotatable bonds is 8. The maximum absolute atomic E-state index is 13.9. The number of nitrogens with one attached hydrogen (secondary N) is 2. The Hall–Kier alpha value is -3.22. The van der Waals surface area contributed by atoms with Crippen LogP contribution >= 0.6 is 0 Å². The zero-order chi connectivity index (χ0) is 20.2. The molecule has 0 spiro atoms. The molecule has 150 valence electrons. The van der Waals surface area contributed by atoms with E-state index in [-0.39, 0.29) is 11.9 Å². The maximum Gasteiger partial charge on any atom is 0.165 e. The lowest BCUT2D eigenvalue weighted by atomic mass is 9.96. The van der Waals surface area contributed by atoms with Crippen LogP contribution < -0.4 is 5.32 Å². The van der Waals surface area contributed by atoms with E-state index in [2.05, 4.69) is 27.5 Å². The fourth-order valence-electron chi connectivity index (χ4n) is 3.61. The van der Waals surface area contributed by atoms with E-state index in [0.717, 1.165) is 41.0 Å². The number of benzene rings is 1. The van der Waals surface area contributed by atoms with Gasteiger partial charge in [-0.1, -0.05) is 25.8 Å². The third kappa shape index (κ3) is 4.13. The average Bonchev–Trinajstić information content (AvgIpc) is 3.38. The molecule has 0 amide bonds. The lowest BCUT2D eigenvalue weighted by Gasteiger charge is -2.19. The van der Waals surface area contributed by atoms with Crippen molar-refractivity contribution in [3.05, 3.63) is 66.0 Å². The standard InChI is InChI=1S/C22H25FN6/c1-3-4-5-6-16-7-8-18(23)11-19(16)15(2)27-21-9-10-29-22(28-21)20(14-26-29)17-12-24-25-13-17/h7-15H,3-6H2,1-2H3,(H,24,25)(H,27,28). The Morgan fingerprint density at radius 2 is 2.10 bits per heavy atom. The molecule has 1 unspecified atom stereocenters. The molecule has 0 saturated heterocycles. The van der Waals surface area contributed by atoms with Crippen molar-refractivity contribution in [2.24, 2.45) is 0 Å². The molecule has 2 N–H and O–H groups in total. The van der Waals surface area contributed by atoms with Crippen LogP contribution in [0.4, 0.5) is 10.2 Å². The van der Waals surface area contributed by atoms with Gasteiger partial charge in [0.05, 0.1) is 18.4 Å². The summed E-state index contributed by atoms with van der Waals surface area (Å²) in [5, 5.41) is 14.6. The number of aryl methyl sites for hydroxylation is 1. The lowest BCUT2D eigenvalue weighted by Crippen LogP contribution is -2.11. The third-order valence-electron chi connectivity index (χ3n) is 5.17. The second kappa shape index (κ2) is 8.43. The van der Waals surface area contributed by atoms with Gasteiger partial charge in [-0.25, -0.2) is 13.9 Å². The smallest absolute Gasteiger partial charge is 0.165 e. The number of nitrogens with zero attached hydrogens (tertiary/aromatic N) is 4. The van der Waals surface area contributed by atoms with Crippen molar-refractivity contribution in [1.29, 1.82) is 0 Å². The van der Waals surface area contributed by atoms with Gasteiger partial charge in [-0.3, -0.25) is 5.10 Å². The molecule has 0 fully saturated rings. The first kappa shape index (κ1) is 19.1. The van der Waals surface area contributed by atoms with Crippen LogP contribution in [0.3, 0.4) is 0 Å². The Kier molecular flexibility index (Phi) is 5.55. The van der Waals surface area contributed by atoms with E-state index in [0.29, 0.717) is 0 Å². The van der Waals surface area contributed by atoms with E-state index in [9.17, 15) is 4.39 Å². The quantitative estimate of drug-likeness (QED) is 0.406. The van der Waals surface area contributed by atoms with Crippen LogP contribution in [0.5, 0.6) is 0 Å². The molecule has 4 aromatic rings. The van der Waals surface area contributed by atoms with Crippen LogP contribution in [0.2, 0.25) is 0 Å². The first-order valence-electron chi connectivity index (χ1n) is 10.0. The molecule has 3 aromatic heterocycles. The highest BCUT2D eigenvalue weighted by Gasteiger charge is 2.14. The van der Waals surface area contributed by atoms with Gasteiger partial charge in [0.2, 0.25) is 0 Å². The third-order valence-corrected chi connectivity index (χ3v) is 5.17. The number of anilines is 1. The van der Waals surface area contributed by atoms with Gasteiger partial charge < -0.3 is 5.32 Å². The Morgan fingerprint density at radius 1 is 1.21 bits per heavy atom. The molecule has 7 heteroatoms. The van der Waals surface area contributed by atoms with Crippen LogP contribution in [0, 0.1) is 5.82 Å². The van der Waals surface area contributed by atoms with Crippen molar-refractivity contribution < 1.29 is 4.39 Å². The summed E-state index contributed by atoms with van der Waals surface area (Å²) in [6.45, 7) is 4.23. The van der Waals surface area contributed by atoms with E-state index in [4.69, 9.17) is 4.98 Å². The zero-order valence-corrected chi connectivity index (χ0v) is 16.7. The fraction of sp³-hybridized carbons (Fsp3) is 0.318. The molecule has 0 bridgehead atoms. The van der Waals surface area contributed by atoms with Gasteiger partial charge in [0, 0.05) is 23.5 Å². The number of fused-ring (bicyclic) bond motifs is 1. The van der Waals surface area contributed by atoms with E-state index >= 15 is 0 Å². The van der Waals surface area contributed by atoms with Gasteiger partial charge in [0.1, 0.15) is 11.6 Å². The average molecular weight is 392 g/mol. The van der Waals surface area contributed by atoms with Gasteiger partial charge in [0.15, 0.2) is 5.65 Å². The molecule has 4 rings (SSSR count). The van der Waals surface area contributed by atoms with Gasteiger partial charge >= 0.3 is 0 Å². The van der Waals surface area contributed by atoms with Crippen LogP contribution in [0.25, 0.3) is 16.8 Å². The Morgan fingerprint density at radius 3 is 2.90 bits per heavy atom.